The van der Waals surface area contributed by atoms with Gasteiger partial charge in [-0.05, 0) is 57.5 Å². The zero-order valence-corrected chi connectivity index (χ0v) is 14.7. The average molecular weight is 338 g/mol. The molecular weight excluding hydrogens is 312 g/mol. The van der Waals surface area contributed by atoms with Crippen LogP contribution in [0.4, 0.5) is 0 Å². The van der Waals surface area contributed by atoms with Crippen molar-refractivity contribution in [1.29, 1.82) is 0 Å². The largest absolute Gasteiger partial charge is 0.396 e. The van der Waals surface area contributed by atoms with Gasteiger partial charge in [-0.15, -0.1) is 0 Å². The summed E-state index contributed by atoms with van der Waals surface area (Å²) < 4.78 is 27.5. The van der Waals surface area contributed by atoms with Crippen LogP contribution in [0.3, 0.4) is 0 Å². The molecule has 0 radical (unpaired) electrons. The van der Waals surface area contributed by atoms with Crippen molar-refractivity contribution in [3.8, 4) is 0 Å². The van der Waals surface area contributed by atoms with E-state index in [4.69, 9.17) is 0 Å². The minimum Gasteiger partial charge on any atom is -0.396 e. The molecule has 5 nitrogen and oxygen atoms in total. The first-order valence-electron chi connectivity index (χ1n) is 8.27. The molecule has 128 valence electrons. The molecule has 6 heteroatoms. The van der Waals surface area contributed by atoms with E-state index >= 15 is 0 Å². The molecule has 0 aliphatic carbocycles. The third-order valence-corrected chi connectivity index (χ3v) is 7.46. The van der Waals surface area contributed by atoms with Crippen LogP contribution in [0.2, 0.25) is 0 Å². The van der Waals surface area contributed by atoms with Crippen LogP contribution < -0.4 is 0 Å². The molecule has 23 heavy (non-hydrogen) atoms. The van der Waals surface area contributed by atoms with Gasteiger partial charge in [0.15, 0.2) is 0 Å². The van der Waals surface area contributed by atoms with Gasteiger partial charge < -0.3 is 10.0 Å². The van der Waals surface area contributed by atoms with Crippen LogP contribution in [0.1, 0.15) is 24.8 Å². The normalized spacial score (nSPS) is 30.1. The topological polar surface area (TPSA) is 60.9 Å². The molecule has 2 fully saturated rings. The minimum absolute atomic E-state index is 0.0922. The summed E-state index contributed by atoms with van der Waals surface area (Å²) in [6.45, 7) is 3.96. The van der Waals surface area contributed by atoms with Crippen molar-refractivity contribution in [2.24, 2.45) is 5.41 Å². The lowest BCUT2D eigenvalue weighted by Crippen LogP contribution is -2.62. The van der Waals surface area contributed by atoms with Crippen molar-refractivity contribution in [1.82, 2.24) is 9.21 Å². The second-order valence-corrected chi connectivity index (χ2v) is 8.99. The lowest BCUT2D eigenvalue weighted by atomic mass is 9.69. The molecule has 0 amide bonds. The number of aliphatic hydroxyl groups excluding tert-OH is 1. The van der Waals surface area contributed by atoms with E-state index in [2.05, 4.69) is 4.90 Å². The van der Waals surface area contributed by atoms with E-state index in [-0.39, 0.29) is 18.1 Å². The summed E-state index contributed by atoms with van der Waals surface area (Å²) in [7, 11) is -1.43. The van der Waals surface area contributed by atoms with E-state index in [1.807, 2.05) is 20.0 Å². The van der Waals surface area contributed by atoms with Gasteiger partial charge in [0.1, 0.15) is 0 Å². The molecule has 0 unspecified atom stereocenters. The Labute approximate surface area is 139 Å². The number of nitrogens with zero attached hydrogens (tertiary/aromatic N) is 2. The van der Waals surface area contributed by atoms with E-state index in [0.717, 1.165) is 31.4 Å². The first-order chi connectivity index (χ1) is 10.9. The van der Waals surface area contributed by atoms with Crippen LogP contribution in [0, 0.1) is 12.3 Å². The molecule has 0 aromatic heterocycles. The fourth-order valence-electron chi connectivity index (χ4n) is 4.13. The third-order valence-electron chi connectivity index (χ3n) is 5.60. The first kappa shape index (κ1) is 16.9. The molecule has 1 N–H and O–H groups in total. The number of likely N-dealkylation sites (tertiary alicyclic amines) is 1. The number of hydrogen-bond acceptors (Lipinski definition) is 4. The van der Waals surface area contributed by atoms with Gasteiger partial charge in [0.05, 0.1) is 11.5 Å². The lowest BCUT2D eigenvalue weighted by molar-refractivity contribution is -0.0508. The molecule has 1 aromatic carbocycles. The molecular formula is C17H26N2O3S. The average Bonchev–Trinajstić information content (AvgIpc) is 2.54. The molecule has 0 bridgehead atoms. The number of fused-ring (bicyclic) bond motifs is 1. The van der Waals surface area contributed by atoms with Crippen molar-refractivity contribution in [3.63, 3.8) is 0 Å². The fourth-order valence-corrected chi connectivity index (χ4v) is 5.69. The summed E-state index contributed by atoms with van der Waals surface area (Å²) in [5.41, 5.74) is 0.800. The van der Waals surface area contributed by atoms with Crippen LogP contribution in [0.15, 0.2) is 29.2 Å². The van der Waals surface area contributed by atoms with Crippen molar-refractivity contribution in [2.45, 2.75) is 37.1 Å². The van der Waals surface area contributed by atoms with Gasteiger partial charge >= 0.3 is 0 Å². The van der Waals surface area contributed by atoms with Crippen LogP contribution >= 0.6 is 0 Å². The summed E-state index contributed by atoms with van der Waals surface area (Å²) in [6.07, 6.45) is 2.78. The molecule has 0 spiro atoms. The summed E-state index contributed by atoms with van der Waals surface area (Å²) in [5.74, 6) is 0. The molecule has 1 aromatic rings. The lowest BCUT2D eigenvalue weighted by Gasteiger charge is -2.53. The second kappa shape index (κ2) is 6.16. The molecule has 2 atom stereocenters. The summed E-state index contributed by atoms with van der Waals surface area (Å²) in [4.78, 5) is 2.59. The highest BCUT2D eigenvalue weighted by Crippen LogP contribution is 2.42. The summed E-state index contributed by atoms with van der Waals surface area (Å²) >= 11 is 0. The van der Waals surface area contributed by atoms with Crippen molar-refractivity contribution in [3.05, 3.63) is 29.8 Å². The number of likely N-dealkylation sites (N-methyl/N-ethyl adjacent to an activating group) is 1. The van der Waals surface area contributed by atoms with E-state index < -0.39 is 10.0 Å². The minimum atomic E-state index is -3.47. The Morgan fingerprint density at radius 2 is 2.09 bits per heavy atom. The van der Waals surface area contributed by atoms with Gasteiger partial charge in [-0.1, -0.05) is 12.1 Å². The van der Waals surface area contributed by atoms with Crippen LogP contribution in [0.5, 0.6) is 0 Å². The van der Waals surface area contributed by atoms with Crippen LogP contribution in [-0.4, -0.2) is 62.1 Å². The number of aryl methyl sites for hydroxylation is 1. The smallest absolute Gasteiger partial charge is 0.243 e. The third kappa shape index (κ3) is 2.93. The zero-order valence-electron chi connectivity index (χ0n) is 13.9. The standard InChI is InChI=1S/C17H26N2O3S/c1-14-5-3-6-15(11-14)23(21,22)19-10-8-17(13-20)7-4-9-18(2)16(17)12-19/h3,5-6,11,16,20H,4,7-10,12-13H2,1-2H3/t16-,17-/m1/s1. The van der Waals surface area contributed by atoms with Crippen LogP contribution in [0.25, 0.3) is 0 Å². The second-order valence-electron chi connectivity index (χ2n) is 7.05. The van der Waals surface area contributed by atoms with Crippen molar-refractivity contribution < 1.29 is 13.5 Å². The molecule has 2 aliphatic rings. The Morgan fingerprint density at radius 3 is 2.78 bits per heavy atom. The Morgan fingerprint density at radius 1 is 1.30 bits per heavy atom. The molecule has 3 rings (SSSR count). The highest BCUT2D eigenvalue weighted by atomic mass is 32.2. The molecule has 2 heterocycles. The molecule has 2 aliphatic heterocycles. The number of sulfonamides is 1. The fraction of sp³-hybridized carbons (Fsp3) is 0.647. The van der Waals surface area contributed by atoms with Crippen molar-refractivity contribution >= 4 is 10.0 Å². The summed E-state index contributed by atoms with van der Waals surface area (Å²) in [6, 6.07) is 7.18. The van der Waals surface area contributed by atoms with E-state index in [1.54, 1.807) is 22.5 Å². The van der Waals surface area contributed by atoms with E-state index in [1.165, 1.54) is 0 Å². The quantitative estimate of drug-likeness (QED) is 0.906. The molecule has 0 saturated carbocycles. The Bertz CT molecular complexity index is 676. The van der Waals surface area contributed by atoms with Gasteiger partial charge in [-0.2, -0.15) is 4.31 Å². The van der Waals surface area contributed by atoms with Gasteiger partial charge in [0.25, 0.3) is 0 Å². The Balaban J connectivity index is 1.88. The van der Waals surface area contributed by atoms with Gasteiger partial charge in [-0.3, -0.25) is 0 Å². The van der Waals surface area contributed by atoms with Gasteiger partial charge in [0.2, 0.25) is 10.0 Å². The van der Waals surface area contributed by atoms with E-state index in [9.17, 15) is 13.5 Å². The highest BCUT2D eigenvalue weighted by molar-refractivity contribution is 7.89. The highest BCUT2D eigenvalue weighted by Gasteiger charge is 2.48. The maximum atomic E-state index is 13.0. The number of hydrogen-bond donors (Lipinski definition) is 1. The van der Waals surface area contributed by atoms with Gasteiger partial charge in [-0.25, -0.2) is 8.42 Å². The van der Waals surface area contributed by atoms with Crippen LogP contribution in [-0.2, 0) is 10.0 Å². The van der Waals surface area contributed by atoms with Gasteiger partial charge in [0, 0.05) is 24.5 Å². The number of piperidine rings is 2. The predicted molar refractivity (Wildman–Crippen MR) is 89.7 cm³/mol. The predicted octanol–water partition coefficient (Wildman–Crippen LogP) is 1.46. The summed E-state index contributed by atoms with van der Waals surface area (Å²) in [5, 5.41) is 9.94. The zero-order chi connectivity index (χ0) is 16.7. The maximum Gasteiger partial charge on any atom is 0.243 e. The molecule has 2 saturated heterocycles. The number of aliphatic hydroxyl groups is 1. The Kier molecular flexibility index (Phi) is 4.53. The Hall–Kier alpha value is -0.950. The number of benzene rings is 1. The first-order valence-corrected chi connectivity index (χ1v) is 9.71. The monoisotopic (exact) mass is 338 g/mol. The van der Waals surface area contributed by atoms with E-state index in [0.29, 0.717) is 18.0 Å². The maximum absolute atomic E-state index is 13.0. The van der Waals surface area contributed by atoms with Crippen molar-refractivity contribution in [2.75, 3.05) is 33.3 Å². The number of rotatable bonds is 3. The SMILES string of the molecule is Cc1cccc(S(=O)(=O)N2CC[C@@]3(CO)CCCN(C)[C@@H]3C2)c1.